The fourth-order valence-electron chi connectivity index (χ4n) is 2.67. The lowest BCUT2D eigenvalue weighted by Crippen LogP contribution is -2.35. The van der Waals surface area contributed by atoms with Gasteiger partial charge < -0.3 is 10.5 Å². The summed E-state index contributed by atoms with van der Waals surface area (Å²) in [6.07, 6.45) is 6.24. The van der Waals surface area contributed by atoms with Gasteiger partial charge in [-0.3, -0.25) is 4.98 Å². The summed E-state index contributed by atoms with van der Waals surface area (Å²) >= 11 is 0. The number of rotatable bonds is 3. The molecule has 1 saturated carbocycles. The molecule has 0 spiro atoms. The van der Waals surface area contributed by atoms with Crippen LogP contribution in [0.2, 0.25) is 0 Å². The Hall–Kier alpha value is -1.09. The summed E-state index contributed by atoms with van der Waals surface area (Å²) in [5, 5.41) is 0. The zero-order valence-electron chi connectivity index (χ0n) is 10.1. The van der Waals surface area contributed by atoms with Gasteiger partial charge in [-0.1, -0.05) is 13.3 Å². The SMILES string of the molecule is CCC1CCC(N)(c2ncccc2OC)C1. The van der Waals surface area contributed by atoms with Gasteiger partial charge in [0.15, 0.2) is 0 Å². The normalized spacial score (nSPS) is 29.3. The second-order valence-electron chi connectivity index (χ2n) is 4.73. The van der Waals surface area contributed by atoms with Gasteiger partial charge in [-0.05, 0) is 37.3 Å². The molecule has 1 aliphatic carbocycles. The summed E-state index contributed by atoms with van der Waals surface area (Å²) in [7, 11) is 1.68. The number of nitrogens with zero attached hydrogens (tertiary/aromatic N) is 1. The maximum absolute atomic E-state index is 6.48. The molecule has 1 fully saturated rings. The Morgan fingerprint density at radius 3 is 3.06 bits per heavy atom. The molecule has 2 N–H and O–H groups in total. The highest BCUT2D eigenvalue weighted by Gasteiger charge is 2.39. The minimum Gasteiger partial charge on any atom is -0.495 e. The lowest BCUT2D eigenvalue weighted by Gasteiger charge is -2.25. The maximum Gasteiger partial charge on any atom is 0.142 e. The molecular weight excluding hydrogens is 200 g/mol. The average molecular weight is 220 g/mol. The average Bonchev–Trinajstić information content (AvgIpc) is 2.72. The molecule has 0 aromatic carbocycles. The first-order valence-corrected chi connectivity index (χ1v) is 5.98. The van der Waals surface area contributed by atoms with Crippen LogP contribution in [0, 0.1) is 5.92 Å². The molecule has 1 aromatic rings. The van der Waals surface area contributed by atoms with Gasteiger partial charge in [0.1, 0.15) is 11.4 Å². The molecule has 16 heavy (non-hydrogen) atoms. The summed E-state index contributed by atoms with van der Waals surface area (Å²) in [5.74, 6) is 1.55. The molecule has 1 heterocycles. The molecule has 2 unspecified atom stereocenters. The second-order valence-corrected chi connectivity index (χ2v) is 4.73. The molecule has 0 bridgehead atoms. The molecule has 0 radical (unpaired) electrons. The topological polar surface area (TPSA) is 48.1 Å². The molecule has 3 heteroatoms. The zero-order chi connectivity index (χ0) is 11.6. The Balaban J connectivity index is 2.29. The van der Waals surface area contributed by atoms with Crippen LogP contribution in [0.3, 0.4) is 0 Å². The van der Waals surface area contributed by atoms with E-state index >= 15 is 0 Å². The van der Waals surface area contributed by atoms with Gasteiger partial charge in [0.05, 0.1) is 12.6 Å². The van der Waals surface area contributed by atoms with Crippen molar-refractivity contribution in [3.8, 4) is 5.75 Å². The van der Waals surface area contributed by atoms with Gasteiger partial charge in [0, 0.05) is 6.20 Å². The van der Waals surface area contributed by atoms with E-state index in [0.717, 1.165) is 30.2 Å². The first-order valence-electron chi connectivity index (χ1n) is 5.98. The third-order valence-electron chi connectivity index (χ3n) is 3.69. The van der Waals surface area contributed by atoms with Gasteiger partial charge in [-0.15, -0.1) is 0 Å². The molecule has 0 amide bonds. The Labute approximate surface area is 97.0 Å². The van der Waals surface area contributed by atoms with Crippen molar-refractivity contribution < 1.29 is 4.74 Å². The van der Waals surface area contributed by atoms with Crippen LogP contribution in [0.1, 0.15) is 38.3 Å². The van der Waals surface area contributed by atoms with Crippen LogP contribution < -0.4 is 10.5 Å². The highest BCUT2D eigenvalue weighted by molar-refractivity contribution is 5.33. The van der Waals surface area contributed by atoms with Crippen molar-refractivity contribution in [2.45, 2.75) is 38.1 Å². The van der Waals surface area contributed by atoms with E-state index in [1.165, 1.54) is 12.8 Å². The minimum atomic E-state index is -0.284. The van der Waals surface area contributed by atoms with E-state index in [4.69, 9.17) is 10.5 Å². The number of ether oxygens (including phenoxy) is 1. The van der Waals surface area contributed by atoms with Crippen LogP contribution in [-0.4, -0.2) is 12.1 Å². The predicted molar refractivity (Wildman–Crippen MR) is 64.3 cm³/mol. The van der Waals surface area contributed by atoms with Gasteiger partial charge >= 0.3 is 0 Å². The number of methoxy groups -OCH3 is 1. The lowest BCUT2D eigenvalue weighted by atomic mass is 9.91. The van der Waals surface area contributed by atoms with Crippen molar-refractivity contribution in [2.24, 2.45) is 11.7 Å². The number of nitrogens with two attached hydrogens (primary N) is 1. The molecule has 0 aliphatic heterocycles. The Bertz CT molecular complexity index is 367. The number of pyridine rings is 1. The van der Waals surface area contributed by atoms with E-state index in [2.05, 4.69) is 11.9 Å². The summed E-state index contributed by atoms with van der Waals surface area (Å²) in [4.78, 5) is 4.42. The number of aromatic nitrogens is 1. The Kier molecular flexibility index (Phi) is 3.15. The van der Waals surface area contributed by atoms with Gasteiger partial charge in [-0.25, -0.2) is 0 Å². The Morgan fingerprint density at radius 1 is 1.62 bits per heavy atom. The van der Waals surface area contributed by atoms with Crippen molar-refractivity contribution in [1.29, 1.82) is 0 Å². The largest absolute Gasteiger partial charge is 0.495 e. The molecule has 3 nitrogen and oxygen atoms in total. The van der Waals surface area contributed by atoms with Crippen LogP contribution in [0.15, 0.2) is 18.3 Å². The number of hydrogen-bond acceptors (Lipinski definition) is 3. The van der Waals surface area contributed by atoms with Crippen LogP contribution in [-0.2, 0) is 5.54 Å². The van der Waals surface area contributed by atoms with E-state index in [0.29, 0.717) is 0 Å². The van der Waals surface area contributed by atoms with Gasteiger partial charge in [0.2, 0.25) is 0 Å². The van der Waals surface area contributed by atoms with E-state index in [1.807, 2.05) is 12.1 Å². The third-order valence-corrected chi connectivity index (χ3v) is 3.69. The molecule has 2 atom stereocenters. The molecule has 88 valence electrons. The maximum atomic E-state index is 6.48. The lowest BCUT2D eigenvalue weighted by molar-refractivity contribution is 0.361. The minimum absolute atomic E-state index is 0.284. The highest BCUT2D eigenvalue weighted by Crippen LogP contribution is 2.43. The smallest absolute Gasteiger partial charge is 0.142 e. The summed E-state index contributed by atoms with van der Waals surface area (Å²) in [6.45, 7) is 2.23. The van der Waals surface area contributed by atoms with E-state index in [-0.39, 0.29) is 5.54 Å². The summed E-state index contributed by atoms with van der Waals surface area (Å²) in [6, 6.07) is 3.83. The van der Waals surface area contributed by atoms with E-state index in [1.54, 1.807) is 13.3 Å². The fraction of sp³-hybridized carbons (Fsp3) is 0.615. The van der Waals surface area contributed by atoms with Crippen LogP contribution in [0.25, 0.3) is 0 Å². The monoisotopic (exact) mass is 220 g/mol. The molecular formula is C13H20N2O. The molecule has 2 rings (SSSR count). The summed E-state index contributed by atoms with van der Waals surface area (Å²) in [5.41, 5.74) is 7.12. The van der Waals surface area contributed by atoms with E-state index < -0.39 is 0 Å². The predicted octanol–water partition coefficient (Wildman–Crippen LogP) is 2.45. The van der Waals surface area contributed by atoms with Crippen molar-refractivity contribution in [1.82, 2.24) is 4.98 Å². The summed E-state index contributed by atoms with van der Waals surface area (Å²) < 4.78 is 5.35. The van der Waals surface area contributed by atoms with Crippen molar-refractivity contribution in [2.75, 3.05) is 7.11 Å². The van der Waals surface area contributed by atoms with Crippen molar-refractivity contribution in [3.05, 3.63) is 24.0 Å². The van der Waals surface area contributed by atoms with Crippen LogP contribution >= 0.6 is 0 Å². The zero-order valence-corrected chi connectivity index (χ0v) is 10.1. The number of hydrogen-bond donors (Lipinski definition) is 1. The first kappa shape index (κ1) is 11.4. The standard InChI is InChI=1S/C13H20N2O/c1-3-10-6-7-13(14,9-10)12-11(16-2)5-4-8-15-12/h4-5,8,10H,3,6-7,9,14H2,1-2H3. The third kappa shape index (κ3) is 1.92. The van der Waals surface area contributed by atoms with Crippen LogP contribution in [0.5, 0.6) is 5.75 Å². The van der Waals surface area contributed by atoms with Crippen molar-refractivity contribution >= 4 is 0 Å². The van der Waals surface area contributed by atoms with Crippen molar-refractivity contribution in [3.63, 3.8) is 0 Å². The van der Waals surface area contributed by atoms with E-state index in [9.17, 15) is 0 Å². The van der Waals surface area contributed by atoms with Crippen LogP contribution in [0.4, 0.5) is 0 Å². The quantitative estimate of drug-likeness (QED) is 0.851. The fourth-order valence-corrected chi connectivity index (χ4v) is 2.67. The first-order chi connectivity index (χ1) is 7.69. The van der Waals surface area contributed by atoms with Gasteiger partial charge in [-0.2, -0.15) is 0 Å². The Morgan fingerprint density at radius 2 is 2.44 bits per heavy atom. The second kappa shape index (κ2) is 4.42. The molecule has 1 aliphatic rings. The molecule has 1 aromatic heterocycles. The molecule has 0 saturated heterocycles. The van der Waals surface area contributed by atoms with Gasteiger partial charge in [0.25, 0.3) is 0 Å². The highest BCUT2D eigenvalue weighted by atomic mass is 16.5.